The first-order chi connectivity index (χ1) is 11.2. The number of aliphatic hydroxyl groups is 1. The molecule has 23 heavy (non-hydrogen) atoms. The highest BCUT2D eigenvalue weighted by molar-refractivity contribution is 7.17. The monoisotopic (exact) mass is 327 g/mol. The van der Waals surface area contributed by atoms with Crippen LogP contribution in [0.1, 0.15) is 36.4 Å². The van der Waals surface area contributed by atoms with Crippen LogP contribution in [0.15, 0.2) is 35.7 Å². The van der Waals surface area contributed by atoms with Gasteiger partial charge >= 0.3 is 0 Å². The molecule has 0 amide bonds. The quantitative estimate of drug-likeness (QED) is 0.800. The van der Waals surface area contributed by atoms with Crippen LogP contribution in [-0.2, 0) is 19.6 Å². The largest absolute Gasteiger partial charge is 0.387 e. The van der Waals surface area contributed by atoms with Crippen LogP contribution in [0.25, 0.3) is 10.1 Å². The Balaban J connectivity index is 1.57. The van der Waals surface area contributed by atoms with Crippen molar-refractivity contribution < 1.29 is 5.11 Å². The third-order valence-corrected chi connectivity index (χ3v) is 5.51. The molecule has 0 saturated carbocycles. The third kappa shape index (κ3) is 2.92. The van der Waals surface area contributed by atoms with Gasteiger partial charge in [-0.15, -0.1) is 11.3 Å². The van der Waals surface area contributed by atoms with E-state index in [0.29, 0.717) is 0 Å². The second-order valence-corrected chi connectivity index (χ2v) is 7.19. The van der Waals surface area contributed by atoms with Crippen molar-refractivity contribution in [3.8, 4) is 0 Å². The Morgan fingerprint density at radius 1 is 1.30 bits per heavy atom. The average Bonchev–Trinajstić information content (AvgIpc) is 3.08. The second-order valence-electron chi connectivity index (χ2n) is 6.28. The van der Waals surface area contributed by atoms with E-state index in [9.17, 15) is 5.11 Å². The number of nitrogens with zero attached hydrogens (tertiary/aromatic N) is 3. The summed E-state index contributed by atoms with van der Waals surface area (Å²) in [4.78, 5) is 2.49. The SMILES string of the molecule is C[C@H](O)c1cc2n(n1)CCCN(Cc1csc3ccccc13)C2. The molecule has 1 atom stereocenters. The number of hydrogen-bond donors (Lipinski definition) is 1. The summed E-state index contributed by atoms with van der Waals surface area (Å²) in [6.07, 6.45) is 0.597. The molecular weight excluding hydrogens is 306 g/mol. The average molecular weight is 327 g/mol. The molecular formula is C18H21N3OS. The highest BCUT2D eigenvalue weighted by Crippen LogP contribution is 2.28. The Kier molecular flexibility index (Phi) is 3.93. The van der Waals surface area contributed by atoms with Gasteiger partial charge in [-0.3, -0.25) is 9.58 Å². The second kappa shape index (κ2) is 6.07. The minimum Gasteiger partial charge on any atom is -0.387 e. The molecule has 1 N–H and O–H groups in total. The number of aromatic nitrogens is 2. The van der Waals surface area contributed by atoms with Gasteiger partial charge in [0.2, 0.25) is 0 Å². The predicted molar refractivity (Wildman–Crippen MR) is 93.4 cm³/mol. The standard InChI is InChI=1S/C18H21N3OS/c1-13(22)17-9-15-11-20(7-4-8-21(15)19-17)10-14-12-23-18-6-3-2-5-16(14)18/h2-3,5-6,9,12-13,22H,4,7-8,10-11H2,1H3/t13-/m0/s1. The Bertz CT molecular complexity index is 821. The lowest BCUT2D eigenvalue weighted by Gasteiger charge is -2.19. The molecule has 0 unspecified atom stereocenters. The minimum absolute atomic E-state index is 0.497. The van der Waals surface area contributed by atoms with Crippen molar-refractivity contribution in [2.75, 3.05) is 6.54 Å². The Hall–Kier alpha value is -1.69. The minimum atomic E-state index is -0.497. The van der Waals surface area contributed by atoms with E-state index in [2.05, 4.69) is 50.4 Å². The maximum atomic E-state index is 9.75. The lowest BCUT2D eigenvalue weighted by Crippen LogP contribution is -2.22. The van der Waals surface area contributed by atoms with Crippen LogP contribution < -0.4 is 0 Å². The zero-order valence-corrected chi connectivity index (χ0v) is 14.1. The molecule has 0 saturated heterocycles. The number of benzene rings is 1. The molecule has 2 aromatic heterocycles. The van der Waals surface area contributed by atoms with Gasteiger partial charge < -0.3 is 5.11 Å². The maximum Gasteiger partial charge on any atom is 0.0950 e. The summed E-state index contributed by atoms with van der Waals surface area (Å²) in [6.45, 7) is 5.65. The maximum absolute atomic E-state index is 9.75. The zero-order chi connectivity index (χ0) is 15.8. The fraction of sp³-hybridized carbons (Fsp3) is 0.389. The molecule has 4 nitrogen and oxygen atoms in total. The van der Waals surface area contributed by atoms with Crippen LogP contribution in [0, 0.1) is 0 Å². The van der Waals surface area contributed by atoms with Crippen molar-refractivity contribution >= 4 is 21.4 Å². The molecule has 0 bridgehead atoms. The van der Waals surface area contributed by atoms with Gasteiger partial charge in [-0.05, 0) is 41.8 Å². The molecule has 120 valence electrons. The fourth-order valence-corrected chi connectivity index (χ4v) is 4.24. The van der Waals surface area contributed by atoms with Crippen molar-refractivity contribution in [2.24, 2.45) is 0 Å². The van der Waals surface area contributed by atoms with E-state index in [1.165, 1.54) is 21.3 Å². The third-order valence-electron chi connectivity index (χ3n) is 4.50. The Morgan fingerprint density at radius 3 is 3.04 bits per heavy atom. The number of aliphatic hydroxyl groups excluding tert-OH is 1. The van der Waals surface area contributed by atoms with Crippen molar-refractivity contribution in [3.63, 3.8) is 0 Å². The smallest absolute Gasteiger partial charge is 0.0950 e. The number of fused-ring (bicyclic) bond motifs is 2. The molecule has 0 spiro atoms. The molecule has 1 aliphatic heterocycles. The van der Waals surface area contributed by atoms with Crippen molar-refractivity contribution in [1.82, 2.24) is 14.7 Å². The van der Waals surface area contributed by atoms with E-state index in [1.54, 1.807) is 6.92 Å². The molecule has 3 aromatic rings. The van der Waals surface area contributed by atoms with Gasteiger partial charge in [0.25, 0.3) is 0 Å². The number of thiophene rings is 1. The molecule has 0 radical (unpaired) electrons. The summed E-state index contributed by atoms with van der Waals surface area (Å²) >= 11 is 1.82. The van der Waals surface area contributed by atoms with Gasteiger partial charge in [-0.2, -0.15) is 5.10 Å². The summed E-state index contributed by atoms with van der Waals surface area (Å²) in [6, 6.07) is 10.7. The van der Waals surface area contributed by atoms with Crippen LogP contribution >= 0.6 is 11.3 Å². The van der Waals surface area contributed by atoms with Gasteiger partial charge in [-0.25, -0.2) is 0 Å². The molecule has 5 heteroatoms. The summed E-state index contributed by atoms with van der Waals surface area (Å²) < 4.78 is 3.42. The van der Waals surface area contributed by atoms with E-state index in [0.717, 1.165) is 38.3 Å². The predicted octanol–water partition coefficient (Wildman–Crippen LogP) is 3.56. The molecule has 0 aliphatic carbocycles. The van der Waals surface area contributed by atoms with E-state index >= 15 is 0 Å². The summed E-state index contributed by atoms with van der Waals surface area (Å²) in [5.41, 5.74) is 3.40. The lowest BCUT2D eigenvalue weighted by atomic mass is 10.1. The van der Waals surface area contributed by atoms with Crippen LogP contribution in [0.5, 0.6) is 0 Å². The Morgan fingerprint density at radius 2 is 2.17 bits per heavy atom. The fourth-order valence-electron chi connectivity index (χ4n) is 3.29. The van der Waals surface area contributed by atoms with Crippen LogP contribution in [0.4, 0.5) is 0 Å². The van der Waals surface area contributed by atoms with Crippen LogP contribution in [0.3, 0.4) is 0 Å². The van der Waals surface area contributed by atoms with Gasteiger partial charge in [0.15, 0.2) is 0 Å². The molecule has 1 aromatic carbocycles. The van der Waals surface area contributed by atoms with Crippen molar-refractivity contribution in [2.45, 2.75) is 39.1 Å². The number of rotatable bonds is 3. The van der Waals surface area contributed by atoms with Crippen molar-refractivity contribution in [1.29, 1.82) is 0 Å². The summed E-state index contributed by atoms with van der Waals surface area (Å²) in [5.74, 6) is 0. The number of hydrogen-bond acceptors (Lipinski definition) is 4. The highest BCUT2D eigenvalue weighted by atomic mass is 32.1. The Labute approximate surface area is 140 Å². The lowest BCUT2D eigenvalue weighted by molar-refractivity contribution is 0.193. The van der Waals surface area contributed by atoms with E-state index < -0.39 is 6.10 Å². The first-order valence-corrected chi connectivity index (χ1v) is 9.01. The van der Waals surface area contributed by atoms with Gasteiger partial charge in [0, 0.05) is 30.9 Å². The van der Waals surface area contributed by atoms with Gasteiger partial charge in [-0.1, -0.05) is 18.2 Å². The molecule has 3 heterocycles. The van der Waals surface area contributed by atoms with E-state index in [-0.39, 0.29) is 0 Å². The van der Waals surface area contributed by atoms with Crippen LogP contribution in [0.2, 0.25) is 0 Å². The van der Waals surface area contributed by atoms with Gasteiger partial charge in [0.05, 0.1) is 17.5 Å². The van der Waals surface area contributed by atoms with Crippen molar-refractivity contribution in [3.05, 3.63) is 52.7 Å². The normalized spacial score (nSPS) is 17.1. The zero-order valence-electron chi connectivity index (χ0n) is 13.3. The summed E-state index contributed by atoms with van der Waals surface area (Å²) in [5, 5.41) is 17.9. The first kappa shape index (κ1) is 14.9. The number of aryl methyl sites for hydroxylation is 1. The van der Waals surface area contributed by atoms with E-state index in [1.807, 2.05) is 11.3 Å². The van der Waals surface area contributed by atoms with Crippen LogP contribution in [-0.4, -0.2) is 26.3 Å². The molecule has 0 fully saturated rings. The molecule has 4 rings (SSSR count). The van der Waals surface area contributed by atoms with E-state index in [4.69, 9.17) is 0 Å². The first-order valence-electron chi connectivity index (χ1n) is 8.13. The highest BCUT2D eigenvalue weighted by Gasteiger charge is 2.19. The summed E-state index contributed by atoms with van der Waals surface area (Å²) in [7, 11) is 0. The van der Waals surface area contributed by atoms with Gasteiger partial charge in [0.1, 0.15) is 0 Å². The topological polar surface area (TPSA) is 41.3 Å². The molecule has 1 aliphatic rings.